The van der Waals surface area contributed by atoms with Crippen LogP contribution >= 0.6 is 7.60 Å². The Hall–Kier alpha value is -0.360. The van der Waals surface area contributed by atoms with Crippen LogP contribution in [-0.4, -0.2) is 19.4 Å². The second-order valence-electron chi connectivity index (χ2n) is 2.18. The van der Waals surface area contributed by atoms with Gasteiger partial charge in [0.05, 0.1) is 19.3 Å². The molecular formula is C7H14NO3P. The van der Waals surface area contributed by atoms with Gasteiger partial charge in [0.25, 0.3) is 0 Å². The summed E-state index contributed by atoms with van der Waals surface area (Å²) >= 11 is 0. The van der Waals surface area contributed by atoms with Gasteiger partial charge in [0.1, 0.15) is 6.16 Å². The first-order valence-corrected chi connectivity index (χ1v) is 5.66. The summed E-state index contributed by atoms with van der Waals surface area (Å²) in [6.45, 7) is 4.31. The van der Waals surface area contributed by atoms with Crippen molar-refractivity contribution in [3.05, 3.63) is 0 Å². The fourth-order valence-electron chi connectivity index (χ4n) is 0.642. The van der Waals surface area contributed by atoms with E-state index in [9.17, 15) is 4.57 Å². The Bertz CT molecular complexity index is 199. The molecule has 1 atom stereocenters. The van der Waals surface area contributed by atoms with E-state index in [4.69, 9.17) is 14.3 Å². The molecule has 5 heteroatoms. The zero-order valence-corrected chi connectivity index (χ0v) is 8.34. The standard InChI is InChI=1S/C7H14NO3P/c1-3-6-11-12(9,7-5-8)10-4-2/h3-4,6-7H2,1-2H3. The van der Waals surface area contributed by atoms with Crippen molar-refractivity contribution in [1.82, 2.24) is 0 Å². The van der Waals surface area contributed by atoms with Gasteiger partial charge in [0, 0.05) is 0 Å². The molecule has 0 rings (SSSR count). The Morgan fingerprint density at radius 1 is 1.42 bits per heavy atom. The lowest BCUT2D eigenvalue weighted by Crippen LogP contribution is -1.99. The summed E-state index contributed by atoms with van der Waals surface area (Å²) in [5.74, 6) is 0. The Kier molecular flexibility index (Phi) is 6.00. The third-order valence-electron chi connectivity index (χ3n) is 1.08. The summed E-state index contributed by atoms with van der Waals surface area (Å²) in [4.78, 5) is 0. The quantitative estimate of drug-likeness (QED) is 0.603. The van der Waals surface area contributed by atoms with Gasteiger partial charge in [0.15, 0.2) is 0 Å². The highest BCUT2D eigenvalue weighted by Crippen LogP contribution is 2.47. The van der Waals surface area contributed by atoms with Crippen molar-refractivity contribution in [2.24, 2.45) is 0 Å². The van der Waals surface area contributed by atoms with Crippen LogP contribution in [0.3, 0.4) is 0 Å². The van der Waals surface area contributed by atoms with Crippen LogP contribution in [-0.2, 0) is 13.6 Å². The predicted molar refractivity (Wildman–Crippen MR) is 46.0 cm³/mol. The first-order valence-electron chi connectivity index (χ1n) is 3.93. The van der Waals surface area contributed by atoms with Crippen LogP contribution in [0, 0.1) is 11.3 Å². The molecule has 0 aliphatic rings. The lowest BCUT2D eigenvalue weighted by Gasteiger charge is -2.13. The van der Waals surface area contributed by atoms with Crippen molar-refractivity contribution in [2.75, 3.05) is 19.4 Å². The van der Waals surface area contributed by atoms with E-state index < -0.39 is 7.60 Å². The Morgan fingerprint density at radius 2 is 2.08 bits per heavy atom. The third kappa shape index (κ3) is 4.50. The van der Waals surface area contributed by atoms with Crippen molar-refractivity contribution in [3.8, 4) is 6.07 Å². The molecule has 0 saturated heterocycles. The molecule has 0 aromatic heterocycles. The summed E-state index contributed by atoms with van der Waals surface area (Å²) in [5, 5.41) is 8.35. The summed E-state index contributed by atoms with van der Waals surface area (Å²) in [6.07, 6.45) is 0.601. The summed E-state index contributed by atoms with van der Waals surface area (Å²) in [5.41, 5.74) is 0. The molecule has 0 aromatic carbocycles. The van der Waals surface area contributed by atoms with Crippen molar-refractivity contribution in [2.45, 2.75) is 20.3 Å². The van der Waals surface area contributed by atoms with Gasteiger partial charge in [-0.2, -0.15) is 5.26 Å². The topological polar surface area (TPSA) is 59.3 Å². The van der Waals surface area contributed by atoms with Gasteiger partial charge < -0.3 is 9.05 Å². The van der Waals surface area contributed by atoms with Gasteiger partial charge in [-0.1, -0.05) is 6.92 Å². The van der Waals surface area contributed by atoms with E-state index in [-0.39, 0.29) is 6.16 Å². The van der Waals surface area contributed by atoms with E-state index >= 15 is 0 Å². The van der Waals surface area contributed by atoms with Crippen LogP contribution in [0.15, 0.2) is 0 Å². The van der Waals surface area contributed by atoms with Crippen molar-refractivity contribution in [3.63, 3.8) is 0 Å². The van der Waals surface area contributed by atoms with E-state index in [1.807, 2.05) is 6.92 Å². The first kappa shape index (κ1) is 11.6. The van der Waals surface area contributed by atoms with Gasteiger partial charge in [-0.15, -0.1) is 0 Å². The second kappa shape index (κ2) is 6.19. The second-order valence-corrected chi connectivity index (χ2v) is 4.23. The molecule has 0 bridgehead atoms. The lowest BCUT2D eigenvalue weighted by molar-refractivity contribution is 0.214. The lowest BCUT2D eigenvalue weighted by atomic mass is 10.5. The monoisotopic (exact) mass is 191 g/mol. The van der Waals surface area contributed by atoms with Gasteiger partial charge in [-0.3, -0.25) is 4.57 Å². The Morgan fingerprint density at radius 3 is 2.50 bits per heavy atom. The van der Waals surface area contributed by atoms with E-state index in [0.717, 1.165) is 6.42 Å². The zero-order valence-electron chi connectivity index (χ0n) is 7.45. The molecule has 0 N–H and O–H groups in total. The maximum absolute atomic E-state index is 11.5. The Balaban J connectivity index is 4.01. The SMILES string of the molecule is CCCOP(=O)(CC#N)OCC. The smallest absolute Gasteiger partial charge is 0.308 e. The first-order chi connectivity index (χ1) is 5.68. The summed E-state index contributed by atoms with van der Waals surface area (Å²) in [6, 6.07) is 1.79. The molecule has 1 unspecified atom stereocenters. The molecule has 12 heavy (non-hydrogen) atoms. The highest BCUT2D eigenvalue weighted by atomic mass is 31.2. The molecule has 0 aliphatic heterocycles. The maximum atomic E-state index is 11.5. The zero-order chi connectivity index (χ0) is 9.45. The van der Waals surface area contributed by atoms with Gasteiger partial charge >= 0.3 is 7.60 Å². The average molecular weight is 191 g/mol. The molecule has 0 fully saturated rings. The molecule has 70 valence electrons. The van der Waals surface area contributed by atoms with E-state index in [2.05, 4.69) is 0 Å². The van der Waals surface area contributed by atoms with Crippen molar-refractivity contribution in [1.29, 1.82) is 5.26 Å². The Labute approximate surface area is 73.0 Å². The molecule has 0 spiro atoms. The summed E-state index contributed by atoms with van der Waals surface area (Å²) < 4.78 is 21.4. The maximum Gasteiger partial charge on any atom is 0.344 e. The predicted octanol–water partition coefficient (Wildman–Crippen LogP) is 2.17. The number of nitriles is 1. The molecule has 4 nitrogen and oxygen atoms in total. The van der Waals surface area contributed by atoms with Gasteiger partial charge in [0.2, 0.25) is 0 Å². The third-order valence-corrected chi connectivity index (χ3v) is 2.84. The highest BCUT2D eigenvalue weighted by molar-refractivity contribution is 7.54. The molecule has 0 aromatic rings. The van der Waals surface area contributed by atoms with Crippen LogP contribution in [0.25, 0.3) is 0 Å². The van der Waals surface area contributed by atoms with Crippen molar-refractivity contribution >= 4 is 7.60 Å². The van der Waals surface area contributed by atoms with Gasteiger partial charge in [-0.25, -0.2) is 0 Å². The van der Waals surface area contributed by atoms with Crippen LogP contribution in [0.2, 0.25) is 0 Å². The fraction of sp³-hybridized carbons (Fsp3) is 0.857. The molecule has 0 saturated carbocycles. The molecule has 0 heterocycles. The number of hydrogen-bond acceptors (Lipinski definition) is 4. The van der Waals surface area contributed by atoms with Crippen molar-refractivity contribution < 1.29 is 13.6 Å². The molecule has 0 aliphatic carbocycles. The van der Waals surface area contributed by atoms with E-state index in [1.54, 1.807) is 13.0 Å². The number of nitrogens with zero attached hydrogens (tertiary/aromatic N) is 1. The molecule has 0 radical (unpaired) electrons. The van der Waals surface area contributed by atoms with E-state index in [1.165, 1.54) is 0 Å². The summed E-state index contributed by atoms with van der Waals surface area (Å²) in [7, 11) is -3.10. The fourth-order valence-corrected chi connectivity index (χ4v) is 1.93. The normalized spacial score (nSPS) is 15.1. The van der Waals surface area contributed by atoms with Crippen LogP contribution in [0.1, 0.15) is 20.3 Å². The molecular weight excluding hydrogens is 177 g/mol. The largest absolute Gasteiger partial charge is 0.344 e. The van der Waals surface area contributed by atoms with E-state index in [0.29, 0.717) is 13.2 Å². The van der Waals surface area contributed by atoms with Crippen LogP contribution in [0.5, 0.6) is 0 Å². The molecule has 0 amide bonds. The average Bonchev–Trinajstić information content (AvgIpc) is 2.02. The van der Waals surface area contributed by atoms with Gasteiger partial charge in [-0.05, 0) is 13.3 Å². The van der Waals surface area contributed by atoms with Crippen LogP contribution < -0.4 is 0 Å². The number of rotatable bonds is 6. The highest BCUT2D eigenvalue weighted by Gasteiger charge is 2.22. The van der Waals surface area contributed by atoms with Crippen LogP contribution in [0.4, 0.5) is 0 Å². The number of hydrogen-bond donors (Lipinski definition) is 0. The minimum absolute atomic E-state index is 0.166. The minimum atomic E-state index is -3.10. The minimum Gasteiger partial charge on any atom is -0.308 e.